The Bertz CT molecular complexity index is 543. The first-order chi connectivity index (χ1) is 10.3. The fraction of sp³-hybridized carbons (Fsp3) is 0.294. The van der Waals surface area contributed by atoms with Crippen molar-refractivity contribution in [3.8, 4) is 17.2 Å². The fourth-order valence-corrected chi connectivity index (χ4v) is 2.31. The van der Waals surface area contributed by atoms with Crippen LogP contribution in [0.5, 0.6) is 17.2 Å². The highest BCUT2D eigenvalue weighted by Crippen LogP contribution is 2.26. The van der Waals surface area contributed by atoms with E-state index >= 15 is 0 Å². The predicted molar refractivity (Wildman–Crippen MR) is 87.7 cm³/mol. The maximum atomic E-state index is 5.80. The van der Waals surface area contributed by atoms with E-state index in [9.17, 15) is 0 Å². The third-order valence-corrected chi connectivity index (χ3v) is 3.57. The molecule has 0 heterocycles. The van der Waals surface area contributed by atoms with Crippen molar-refractivity contribution in [3.63, 3.8) is 0 Å². The van der Waals surface area contributed by atoms with Gasteiger partial charge in [0.25, 0.3) is 0 Å². The smallest absolute Gasteiger partial charge is 0.123 e. The molecule has 4 heteroatoms. The van der Waals surface area contributed by atoms with E-state index in [0.29, 0.717) is 13.2 Å². The van der Waals surface area contributed by atoms with Gasteiger partial charge in [0.05, 0.1) is 20.3 Å². The average Bonchev–Trinajstić information content (AvgIpc) is 2.55. The minimum absolute atomic E-state index is 0.624. The van der Waals surface area contributed by atoms with Crippen LogP contribution in [0.4, 0.5) is 0 Å². The number of alkyl halides is 1. The summed E-state index contributed by atoms with van der Waals surface area (Å²) in [5, 5.41) is 0.736. The molecule has 0 unspecified atom stereocenters. The van der Waals surface area contributed by atoms with Gasteiger partial charge in [-0.1, -0.05) is 34.1 Å². The van der Waals surface area contributed by atoms with Gasteiger partial charge in [-0.05, 0) is 30.3 Å². The second-order valence-corrected chi connectivity index (χ2v) is 5.03. The van der Waals surface area contributed by atoms with Gasteiger partial charge in [-0.2, -0.15) is 0 Å². The standard InChI is InChI=1S/C17H19BrO3/c1-19-16-8-9-17(14(12-16)13-18)21-11-5-10-20-15-6-3-2-4-7-15/h2-4,6-9,12H,5,10-11,13H2,1H3. The van der Waals surface area contributed by atoms with Gasteiger partial charge in [-0.3, -0.25) is 0 Å². The summed E-state index contributed by atoms with van der Waals surface area (Å²) in [7, 11) is 1.66. The molecule has 0 saturated heterocycles. The molecule has 0 radical (unpaired) electrons. The van der Waals surface area contributed by atoms with Gasteiger partial charge in [-0.25, -0.2) is 0 Å². The maximum absolute atomic E-state index is 5.80. The maximum Gasteiger partial charge on any atom is 0.123 e. The van der Waals surface area contributed by atoms with Crippen LogP contribution in [0.2, 0.25) is 0 Å². The molecule has 0 aliphatic carbocycles. The molecule has 112 valence electrons. The van der Waals surface area contributed by atoms with Gasteiger partial charge in [-0.15, -0.1) is 0 Å². The molecule has 0 fully saturated rings. The number of hydrogen-bond acceptors (Lipinski definition) is 3. The van der Waals surface area contributed by atoms with Crippen molar-refractivity contribution in [2.75, 3.05) is 20.3 Å². The molecule has 0 aliphatic heterocycles. The van der Waals surface area contributed by atoms with E-state index in [1.807, 2.05) is 48.5 Å². The Morgan fingerprint density at radius 2 is 1.67 bits per heavy atom. The van der Waals surface area contributed by atoms with Crippen molar-refractivity contribution >= 4 is 15.9 Å². The van der Waals surface area contributed by atoms with Gasteiger partial charge in [0.15, 0.2) is 0 Å². The zero-order valence-electron chi connectivity index (χ0n) is 12.0. The van der Waals surface area contributed by atoms with Crippen LogP contribution in [0.1, 0.15) is 12.0 Å². The lowest BCUT2D eigenvalue weighted by Gasteiger charge is -2.12. The Morgan fingerprint density at radius 3 is 2.38 bits per heavy atom. The largest absolute Gasteiger partial charge is 0.497 e. The number of rotatable bonds is 8. The highest BCUT2D eigenvalue weighted by molar-refractivity contribution is 9.08. The number of benzene rings is 2. The number of hydrogen-bond donors (Lipinski definition) is 0. The van der Waals surface area contributed by atoms with Crippen LogP contribution in [0.3, 0.4) is 0 Å². The lowest BCUT2D eigenvalue weighted by atomic mass is 10.2. The highest BCUT2D eigenvalue weighted by atomic mass is 79.9. The average molecular weight is 351 g/mol. The van der Waals surface area contributed by atoms with Crippen molar-refractivity contribution in [2.24, 2.45) is 0 Å². The molecule has 0 spiro atoms. The molecular weight excluding hydrogens is 332 g/mol. The summed E-state index contributed by atoms with van der Waals surface area (Å²) >= 11 is 3.46. The monoisotopic (exact) mass is 350 g/mol. The zero-order valence-corrected chi connectivity index (χ0v) is 13.6. The van der Waals surface area contributed by atoms with E-state index in [4.69, 9.17) is 14.2 Å². The molecule has 0 N–H and O–H groups in total. The van der Waals surface area contributed by atoms with Crippen molar-refractivity contribution in [2.45, 2.75) is 11.8 Å². The van der Waals surface area contributed by atoms with E-state index in [0.717, 1.165) is 34.6 Å². The first-order valence-corrected chi connectivity index (χ1v) is 7.99. The summed E-state index contributed by atoms with van der Waals surface area (Å²) in [6.07, 6.45) is 0.836. The van der Waals surface area contributed by atoms with E-state index in [-0.39, 0.29) is 0 Å². The van der Waals surface area contributed by atoms with Crippen molar-refractivity contribution in [3.05, 3.63) is 54.1 Å². The van der Waals surface area contributed by atoms with Gasteiger partial charge in [0.1, 0.15) is 17.2 Å². The molecule has 0 saturated carbocycles. The topological polar surface area (TPSA) is 27.7 Å². The first kappa shape index (κ1) is 15.7. The Kier molecular flexibility index (Phi) is 6.41. The summed E-state index contributed by atoms with van der Waals surface area (Å²) in [6.45, 7) is 1.27. The van der Waals surface area contributed by atoms with Crippen LogP contribution in [0, 0.1) is 0 Å². The summed E-state index contributed by atoms with van der Waals surface area (Å²) in [5.74, 6) is 2.61. The predicted octanol–water partition coefficient (Wildman–Crippen LogP) is 4.44. The molecule has 21 heavy (non-hydrogen) atoms. The SMILES string of the molecule is COc1ccc(OCCCOc2ccccc2)c(CBr)c1. The zero-order chi connectivity index (χ0) is 14.9. The normalized spacial score (nSPS) is 10.2. The van der Waals surface area contributed by atoms with Gasteiger partial charge < -0.3 is 14.2 Å². The summed E-state index contributed by atoms with van der Waals surface area (Å²) in [6, 6.07) is 15.6. The summed E-state index contributed by atoms with van der Waals surface area (Å²) in [4.78, 5) is 0. The Balaban J connectivity index is 1.76. The molecular formula is C17H19BrO3. The van der Waals surface area contributed by atoms with Crippen LogP contribution in [-0.2, 0) is 5.33 Å². The van der Waals surface area contributed by atoms with Crippen molar-refractivity contribution < 1.29 is 14.2 Å². The number of para-hydroxylation sites is 1. The quantitative estimate of drug-likeness (QED) is 0.520. The van der Waals surface area contributed by atoms with Crippen LogP contribution in [0.25, 0.3) is 0 Å². The molecule has 2 rings (SSSR count). The lowest BCUT2D eigenvalue weighted by Crippen LogP contribution is -2.06. The molecule has 0 aromatic heterocycles. The van der Waals surface area contributed by atoms with Gasteiger partial charge in [0.2, 0.25) is 0 Å². The van der Waals surface area contributed by atoms with Crippen LogP contribution >= 0.6 is 15.9 Å². The van der Waals surface area contributed by atoms with Crippen LogP contribution in [0.15, 0.2) is 48.5 Å². The minimum Gasteiger partial charge on any atom is -0.497 e. The number of ether oxygens (including phenoxy) is 3. The molecule has 0 bridgehead atoms. The lowest BCUT2D eigenvalue weighted by molar-refractivity contribution is 0.246. The summed E-state index contributed by atoms with van der Waals surface area (Å²) in [5.41, 5.74) is 1.08. The minimum atomic E-state index is 0.624. The highest BCUT2D eigenvalue weighted by Gasteiger charge is 2.04. The fourth-order valence-electron chi connectivity index (χ4n) is 1.88. The van der Waals surface area contributed by atoms with Crippen LogP contribution in [-0.4, -0.2) is 20.3 Å². The molecule has 2 aromatic carbocycles. The number of methoxy groups -OCH3 is 1. The first-order valence-electron chi connectivity index (χ1n) is 6.87. The number of halogens is 1. The van der Waals surface area contributed by atoms with Gasteiger partial charge >= 0.3 is 0 Å². The third-order valence-electron chi connectivity index (χ3n) is 2.97. The second kappa shape index (κ2) is 8.57. The van der Waals surface area contributed by atoms with Crippen LogP contribution < -0.4 is 14.2 Å². The van der Waals surface area contributed by atoms with E-state index < -0.39 is 0 Å². The molecule has 0 aliphatic rings. The van der Waals surface area contributed by atoms with Gasteiger partial charge in [0, 0.05) is 17.3 Å². The second-order valence-electron chi connectivity index (χ2n) is 4.47. The Hall–Kier alpha value is -1.68. The molecule has 2 aromatic rings. The van der Waals surface area contributed by atoms with Crippen molar-refractivity contribution in [1.82, 2.24) is 0 Å². The third kappa shape index (κ3) is 4.97. The molecule has 0 atom stereocenters. The Labute approximate surface area is 134 Å². The van der Waals surface area contributed by atoms with Crippen molar-refractivity contribution in [1.29, 1.82) is 0 Å². The molecule has 0 amide bonds. The Morgan fingerprint density at radius 1 is 0.905 bits per heavy atom. The van der Waals surface area contributed by atoms with E-state index in [1.54, 1.807) is 7.11 Å². The summed E-state index contributed by atoms with van der Waals surface area (Å²) < 4.78 is 16.6. The van der Waals surface area contributed by atoms with E-state index in [1.165, 1.54) is 0 Å². The molecule has 3 nitrogen and oxygen atoms in total. The van der Waals surface area contributed by atoms with E-state index in [2.05, 4.69) is 15.9 Å².